The first-order chi connectivity index (χ1) is 10.8. The largest absolute Gasteiger partial charge is 0.346 e. The van der Waals surface area contributed by atoms with Gasteiger partial charge in [-0.15, -0.1) is 11.7 Å². The van der Waals surface area contributed by atoms with Crippen LogP contribution in [0.3, 0.4) is 0 Å². The SMILES string of the molecule is C=CCN(C(=O)n1cnc(S(=O)(=O)N(C)CCCC)n1)C(C)C. The van der Waals surface area contributed by atoms with E-state index in [-0.39, 0.29) is 11.2 Å². The molecule has 0 fully saturated rings. The van der Waals surface area contributed by atoms with E-state index in [1.807, 2.05) is 20.8 Å². The molecule has 0 atom stereocenters. The van der Waals surface area contributed by atoms with Crippen LogP contribution in [0.2, 0.25) is 0 Å². The second-order valence-electron chi connectivity index (χ2n) is 5.47. The quantitative estimate of drug-likeness (QED) is 0.668. The van der Waals surface area contributed by atoms with Gasteiger partial charge in [0.2, 0.25) is 0 Å². The monoisotopic (exact) mass is 343 g/mol. The maximum absolute atomic E-state index is 12.4. The minimum atomic E-state index is -3.78. The highest BCUT2D eigenvalue weighted by atomic mass is 32.2. The molecule has 8 nitrogen and oxygen atoms in total. The van der Waals surface area contributed by atoms with Gasteiger partial charge >= 0.3 is 6.03 Å². The van der Waals surface area contributed by atoms with Crippen LogP contribution in [0, 0.1) is 0 Å². The van der Waals surface area contributed by atoms with E-state index in [2.05, 4.69) is 16.7 Å². The number of amides is 1. The third-order valence-corrected chi connectivity index (χ3v) is 4.98. The molecule has 0 saturated heterocycles. The van der Waals surface area contributed by atoms with Gasteiger partial charge in [0, 0.05) is 26.2 Å². The lowest BCUT2D eigenvalue weighted by Crippen LogP contribution is -2.40. The van der Waals surface area contributed by atoms with Crippen molar-refractivity contribution in [2.45, 2.75) is 44.8 Å². The van der Waals surface area contributed by atoms with Gasteiger partial charge in [-0.3, -0.25) is 0 Å². The minimum absolute atomic E-state index is 0.0722. The minimum Gasteiger partial charge on any atom is -0.317 e. The molecule has 1 amide bonds. The van der Waals surface area contributed by atoms with Crippen LogP contribution in [0.5, 0.6) is 0 Å². The predicted molar refractivity (Wildman–Crippen MR) is 87.6 cm³/mol. The lowest BCUT2D eigenvalue weighted by Gasteiger charge is -2.24. The number of nitrogens with zero attached hydrogens (tertiary/aromatic N) is 5. The molecule has 130 valence electrons. The molecule has 0 spiro atoms. The maximum atomic E-state index is 12.4. The number of rotatable bonds is 8. The highest BCUT2D eigenvalue weighted by molar-refractivity contribution is 7.88. The summed E-state index contributed by atoms with van der Waals surface area (Å²) in [7, 11) is -2.30. The zero-order valence-electron chi connectivity index (χ0n) is 14.1. The van der Waals surface area contributed by atoms with Crippen LogP contribution in [0.4, 0.5) is 4.79 Å². The van der Waals surface area contributed by atoms with Crippen LogP contribution in [0.15, 0.2) is 24.1 Å². The maximum Gasteiger partial charge on any atom is 0.346 e. The van der Waals surface area contributed by atoms with Crippen molar-refractivity contribution < 1.29 is 13.2 Å². The van der Waals surface area contributed by atoms with Crippen molar-refractivity contribution in [2.75, 3.05) is 20.1 Å². The standard InChI is InChI=1S/C14H25N5O3S/c1-6-8-10-17(5)23(21,22)13-15-11-19(16-13)14(20)18(9-7-2)12(3)4/h7,11-12H,2,6,8-10H2,1,3-5H3. The Labute approximate surface area is 137 Å². The summed E-state index contributed by atoms with van der Waals surface area (Å²) in [4.78, 5) is 17.7. The van der Waals surface area contributed by atoms with Gasteiger partial charge in [0.15, 0.2) is 0 Å². The van der Waals surface area contributed by atoms with E-state index in [1.54, 1.807) is 6.08 Å². The Kier molecular flexibility index (Phi) is 6.89. The summed E-state index contributed by atoms with van der Waals surface area (Å²) in [6, 6.07) is -0.512. The number of carbonyl (C=O) groups excluding carboxylic acids is 1. The van der Waals surface area contributed by atoms with E-state index in [9.17, 15) is 13.2 Å². The first kappa shape index (κ1) is 19.3. The Hall–Kier alpha value is -1.74. The second kappa shape index (κ2) is 8.21. The molecular formula is C14H25N5O3S. The molecular weight excluding hydrogens is 318 g/mol. The molecule has 0 saturated carbocycles. The van der Waals surface area contributed by atoms with Gasteiger partial charge < -0.3 is 4.90 Å². The predicted octanol–water partition coefficient (Wildman–Crippen LogP) is 1.56. The molecule has 1 heterocycles. The van der Waals surface area contributed by atoms with Gasteiger partial charge in [-0.25, -0.2) is 18.2 Å². The number of hydrogen-bond acceptors (Lipinski definition) is 5. The summed E-state index contributed by atoms with van der Waals surface area (Å²) in [6.45, 7) is 10.0. The Morgan fingerprint density at radius 1 is 1.48 bits per heavy atom. The van der Waals surface area contributed by atoms with Crippen molar-refractivity contribution in [1.29, 1.82) is 0 Å². The van der Waals surface area contributed by atoms with Crippen molar-refractivity contribution in [3.05, 3.63) is 19.0 Å². The van der Waals surface area contributed by atoms with Crippen LogP contribution >= 0.6 is 0 Å². The van der Waals surface area contributed by atoms with Crippen molar-refractivity contribution in [3.8, 4) is 0 Å². The van der Waals surface area contributed by atoms with Gasteiger partial charge in [-0.2, -0.15) is 8.99 Å². The van der Waals surface area contributed by atoms with Crippen LogP contribution < -0.4 is 0 Å². The topological polar surface area (TPSA) is 88.4 Å². The first-order valence-corrected chi connectivity index (χ1v) is 8.99. The van der Waals surface area contributed by atoms with Gasteiger partial charge in [-0.05, 0) is 20.3 Å². The number of hydrogen-bond donors (Lipinski definition) is 0. The summed E-state index contributed by atoms with van der Waals surface area (Å²) in [5.41, 5.74) is 0. The molecule has 0 aromatic carbocycles. The van der Waals surface area contributed by atoms with Gasteiger partial charge in [0.1, 0.15) is 6.33 Å². The van der Waals surface area contributed by atoms with Gasteiger partial charge in [0.25, 0.3) is 15.2 Å². The van der Waals surface area contributed by atoms with Crippen LogP contribution in [-0.4, -0.2) is 64.6 Å². The molecule has 1 aromatic rings. The lowest BCUT2D eigenvalue weighted by atomic mass is 10.3. The van der Waals surface area contributed by atoms with Crippen LogP contribution in [-0.2, 0) is 10.0 Å². The molecule has 1 aromatic heterocycles. The van der Waals surface area contributed by atoms with E-state index in [0.29, 0.717) is 13.1 Å². The molecule has 1 rings (SSSR count). The van der Waals surface area contributed by atoms with E-state index >= 15 is 0 Å². The molecule has 0 aliphatic rings. The number of aromatic nitrogens is 3. The third-order valence-electron chi connectivity index (χ3n) is 3.33. The third kappa shape index (κ3) is 4.61. The van der Waals surface area contributed by atoms with Crippen molar-refractivity contribution in [2.24, 2.45) is 0 Å². The van der Waals surface area contributed by atoms with E-state index in [1.165, 1.54) is 16.3 Å². The van der Waals surface area contributed by atoms with Crippen LogP contribution in [0.25, 0.3) is 0 Å². The smallest absolute Gasteiger partial charge is 0.317 e. The van der Waals surface area contributed by atoms with Crippen LogP contribution in [0.1, 0.15) is 33.6 Å². The number of sulfonamides is 1. The molecule has 0 bridgehead atoms. The fraction of sp³-hybridized carbons (Fsp3) is 0.643. The van der Waals surface area contributed by atoms with E-state index < -0.39 is 16.1 Å². The fourth-order valence-electron chi connectivity index (χ4n) is 1.88. The Bertz CT molecular complexity index is 639. The summed E-state index contributed by atoms with van der Waals surface area (Å²) >= 11 is 0. The van der Waals surface area contributed by atoms with Gasteiger partial charge in [-0.1, -0.05) is 19.4 Å². The molecule has 9 heteroatoms. The van der Waals surface area contributed by atoms with Gasteiger partial charge in [0.05, 0.1) is 0 Å². The molecule has 23 heavy (non-hydrogen) atoms. The number of carbonyl (C=O) groups is 1. The van der Waals surface area contributed by atoms with Crippen molar-refractivity contribution in [1.82, 2.24) is 24.0 Å². The fourth-order valence-corrected chi connectivity index (χ4v) is 2.90. The zero-order valence-corrected chi connectivity index (χ0v) is 15.0. The van der Waals surface area contributed by atoms with E-state index in [0.717, 1.165) is 23.9 Å². The highest BCUT2D eigenvalue weighted by Gasteiger charge is 2.27. The molecule has 0 N–H and O–H groups in total. The normalized spacial score (nSPS) is 11.9. The zero-order chi connectivity index (χ0) is 17.6. The van der Waals surface area contributed by atoms with E-state index in [4.69, 9.17) is 0 Å². The lowest BCUT2D eigenvalue weighted by molar-refractivity contribution is 0.188. The average molecular weight is 343 g/mol. The molecule has 0 aliphatic carbocycles. The molecule has 0 aliphatic heterocycles. The Morgan fingerprint density at radius 3 is 2.65 bits per heavy atom. The molecule has 0 radical (unpaired) electrons. The number of unbranched alkanes of at least 4 members (excludes halogenated alkanes) is 1. The Morgan fingerprint density at radius 2 is 2.13 bits per heavy atom. The Balaban J connectivity index is 3.00. The summed E-state index contributed by atoms with van der Waals surface area (Å²) in [5.74, 6) is 0. The van der Waals surface area contributed by atoms with Crippen molar-refractivity contribution >= 4 is 16.1 Å². The first-order valence-electron chi connectivity index (χ1n) is 7.55. The highest BCUT2D eigenvalue weighted by Crippen LogP contribution is 2.10. The summed E-state index contributed by atoms with van der Waals surface area (Å²) in [6.07, 6.45) is 4.35. The van der Waals surface area contributed by atoms with Crippen molar-refractivity contribution in [3.63, 3.8) is 0 Å². The summed E-state index contributed by atoms with van der Waals surface area (Å²) in [5, 5.41) is 3.48. The summed E-state index contributed by atoms with van der Waals surface area (Å²) < 4.78 is 26.8. The molecule has 0 unspecified atom stereocenters. The average Bonchev–Trinajstić information content (AvgIpc) is 2.99. The second-order valence-corrected chi connectivity index (χ2v) is 7.41.